The molecule has 0 spiro atoms. The molecule has 1 amide bonds. The highest BCUT2D eigenvalue weighted by molar-refractivity contribution is 5.98. The smallest absolute Gasteiger partial charge is 0.234 e. The van der Waals surface area contributed by atoms with Crippen molar-refractivity contribution in [3.05, 3.63) is 65.0 Å². The van der Waals surface area contributed by atoms with E-state index < -0.39 is 5.41 Å². The molecule has 0 saturated carbocycles. The molecular weight excluding hydrogens is 265 g/mol. The lowest BCUT2D eigenvalue weighted by atomic mass is 9.83. The molecule has 0 heterocycles. The third kappa shape index (κ3) is 3.30. The summed E-state index contributed by atoms with van der Waals surface area (Å²) in [6.07, 6.45) is 0. The minimum atomic E-state index is -0.730. The van der Waals surface area contributed by atoms with Crippen LogP contribution in [0.25, 0.3) is 0 Å². The number of carbonyl (C=O) groups is 1. The Balaban J connectivity index is 2.21. The summed E-state index contributed by atoms with van der Waals surface area (Å²) in [6.45, 7) is 7.70. The van der Waals surface area contributed by atoms with Crippen LogP contribution in [0.15, 0.2) is 42.5 Å². The molecular formula is C18H20FNO. The van der Waals surface area contributed by atoms with Crippen LogP contribution < -0.4 is 5.32 Å². The van der Waals surface area contributed by atoms with Gasteiger partial charge < -0.3 is 5.32 Å². The van der Waals surface area contributed by atoms with E-state index in [1.165, 1.54) is 17.7 Å². The van der Waals surface area contributed by atoms with Gasteiger partial charge in [-0.1, -0.05) is 18.2 Å². The van der Waals surface area contributed by atoms with E-state index in [-0.39, 0.29) is 11.7 Å². The molecule has 110 valence electrons. The molecule has 2 aromatic carbocycles. The molecule has 0 aliphatic heterocycles. The van der Waals surface area contributed by atoms with Crippen LogP contribution in [0.5, 0.6) is 0 Å². The average molecular weight is 285 g/mol. The molecule has 0 aliphatic rings. The van der Waals surface area contributed by atoms with Crippen LogP contribution in [0.4, 0.5) is 10.1 Å². The van der Waals surface area contributed by atoms with Gasteiger partial charge in [0.2, 0.25) is 5.91 Å². The first-order chi connectivity index (χ1) is 9.80. The zero-order chi connectivity index (χ0) is 15.6. The van der Waals surface area contributed by atoms with Gasteiger partial charge in [-0.2, -0.15) is 0 Å². The second-order valence-corrected chi connectivity index (χ2v) is 5.89. The van der Waals surface area contributed by atoms with Crippen LogP contribution in [0.3, 0.4) is 0 Å². The van der Waals surface area contributed by atoms with Crippen LogP contribution in [0.2, 0.25) is 0 Å². The fourth-order valence-corrected chi connectivity index (χ4v) is 2.10. The molecule has 0 radical (unpaired) electrons. The van der Waals surface area contributed by atoms with Gasteiger partial charge in [-0.25, -0.2) is 4.39 Å². The summed E-state index contributed by atoms with van der Waals surface area (Å²) in [7, 11) is 0. The summed E-state index contributed by atoms with van der Waals surface area (Å²) in [4.78, 5) is 12.5. The third-order valence-corrected chi connectivity index (χ3v) is 3.90. The lowest BCUT2D eigenvalue weighted by Crippen LogP contribution is -2.34. The fourth-order valence-electron chi connectivity index (χ4n) is 2.10. The fraction of sp³-hybridized carbons (Fsp3) is 0.278. The number of rotatable bonds is 3. The topological polar surface area (TPSA) is 29.1 Å². The number of nitrogens with one attached hydrogen (secondary N) is 1. The maximum atomic E-state index is 13.0. The van der Waals surface area contributed by atoms with Crippen LogP contribution in [-0.2, 0) is 10.2 Å². The standard InChI is InChI=1S/C18H20FNO/c1-12-5-10-16(11-13(12)2)20-17(21)18(3,4)14-6-8-15(19)9-7-14/h5-11H,1-4H3,(H,20,21). The third-order valence-electron chi connectivity index (χ3n) is 3.90. The van der Waals surface area contributed by atoms with Crippen molar-refractivity contribution in [2.45, 2.75) is 33.1 Å². The summed E-state index contributed by atoms with van der Waals surface area (Å²) in [5.41, 5.74) is 3.15. The lowest BCUT2D eigenvalue weighted by molar-refractivity contribution is -0.120. The van der Waals surface area contributed by atoms with Gasteiger partial charge in [0.05, 0.1) is 5.41 Å². The van der Waals surface area contributed by atoms with E-state index in [0.717, 1.165) is 16.8 Å². The Labute approximate surface area is 125 Å². The highest BCUT2D eigenvalue weighted by Gasteiger charge is 2.29. The van der Waals surface area contributed by atoms with Crippen molar-refractivity contribution >= 4 is 11.6 Å². The Morgan fingerprint density at radius 1 is 1.00 bits per heavy atom. The maximum Gasteiger partial charge on any atom is 0.234 e. The molecule has 2 nitrogen and oxygen atoms in total. The molecule has 1 N–H and O–H groups in total. The Bertz CT molecular complexity index is 659. The van der Waals surface area contributed by atoms with Gasteiger partial charge >= 0.3 is 0 Å². The molecule has 0 saturated heterocycles. The Hall–Kier alpha value is -2.16. The van der Waals surface area contributed by atoms with Crippen molar-refractivity contribution < 1.29 is 9.18 Å². The Kier molecular flexibility index (Phi) is 4.12. The molecule has 2 rings (SSSR count). The van der Waals surface area contributed by atoms with Crippen LogP contribution in [0.1, 0.15) is 30.5 Å². The van der Waals surface area contributed by atoms with E-state index in [1.54, 1.807) is 12.1 Å². The largest absolute Gasteiger partial charge is 0.325 e. The van der Waals surface area contributed by atoms with E-state index >= 15 is 0 Å². The Morgan fingerprint density at radius 2 is 1.62 bits per heavy atom. The summed E-state index contributed by atoms with van der Waals surface area (Å²) >= 11 is 0. The number of hydrogen-bond donors (Lipinski definition) is 1. The normalized spacial score (nSPS) is 11.3. The van der Waals surface area contributed by atoms with Gasteiger partial charge in [0, 0.05) is 5.69 Å². The predicted octanol–water partition coefficient (Wildman–Crippen LogP) is 4.36. The lowest BCUT2D eigenvalue weighted by Gasteiger charge is -2.24. The van der Waals surface area contributed by atoms with Crippen molar-refractivity contribution in [3.63, 3.8) is 0 Å². The van der Waals surface area contributed by atoms with E-state index in [1.807, 2.05) is 45.9 Å². The van der Waals surface area contributed by atoms with Crippen LogP contribution >= 0.6 is 0 Å². The first-order valence-electron chi connectivity index (χ1n) is 6.95. The van der Waals surface area contributed by atoms with Gasteiger partial charge in [0.25, 0.3) is 0 Å². The number of hydrogen-bond acceptors (Lipinski definition) is 1. The van der Waals surface area contributed by atoms with E-state index in [4.69, 9.17) is 0 Å². The molecule has 0 aliphatic carbocycles. The van der Waals surface area contributed by atoms with Crippen molar-refractivity contribution in [1.29, 1.82) is 0 Å². The average Bonchev–Trinajstić information content (AvgIpc) is 2.43. The van der Waals surface area contributed by atoms with Gasteiger partial charge in [-0.3, -0.25) is 4.79 Å². The maximum absolute atomic E-state index is 13.0. The van der Waals surface area contributed by atoms with Crippen LogP contribution in [0, 0.1) is 19.7 Å². The summed E-state index contributed by atoms with van der Waals surface area (Å²) in [6, 6.07) is 11.9. The molecule has 0 atom stereocenters. The van der Waals surface area contributed by atoms with Gasteiger partial charge in [-0.05, 0) is 68.7 Å². The number of anilines is 1. The molecule has 21 heavy (non-hydrogen) atoms. The monoisotopic (exact) mass is 285 g/mol. The number of carbonyl (C=O) groups excluding carboxylic acids is 1. The van der Waals surface area contributed by atoms with E-state index in [0.29, 0.717) is 0 Å². The van der Waals surface area contributed by atoms with Crippen molar-refractivity contribution in [2.75, 3.05) is 5.32 Å². The van der Waals surface area contributed by atoms with Gasteiger partial charge in [-0.15, -0.1) is 0 Å². The highest BCUT2D eigenvalue weighted by atomic mass is 19.1. The number of benzene rings is 2. The molecule has 0 bridgehead atoms. The van der Waals surface area contributed by atoms with Gasteiger partial charge in [0.1, 0.15) is 5.82 Å². The second kappa shape index (κ2) is 5.68. The second-order valence-electron chi connectivity index (χ2n) is 5.89. The van der Waals surface area contributed by atoms with Crippen LogP contribution in [-0.4, -0.2) is 5.91 Å². The summed E-state index contributed by atoms with van der Waals surface area (Å²) < 4.78 is 13.0. The molecule has 2 aromatic rings. The first-order valence-corrected chi connectivity index (χ1v) is 6.95. The SMILES string of the molecule is Cc1ccc(NC(=O)C(C)(C)c2ccc(F)cc2)cc1C. The Morgan fingerprint density at radius 3 is 2.19 bits per heavy atom. The first kappa shape index (κ1) is 15.2. The van der Waals surface area contributed by atoms with Gasteiger partial charge in [0.15, 0.2) is 0 Å². The van der Waals surface area contributed by atoms with E-state index in [2.05, 4.69) is 5.32 Å². The number of amides is 1. The van der Waals surface area contributed by atoms with Crippen molar-refractivity contribution in [3.8, 4) is 0 Å². The molecule has 3 heteroatoms. The van der Waals surface area contributed by atoms with Crippen molar-refractivity contribution in [2.24, 2.45) is 0 Å². The summed E-state index contributed by atoms with van der Waals surface area (Å²) in [5, 5.41) is 2.93. The zero-order valence-corrected chi connectivity index (χ0v) is 12.8. The molecule has 0 aromatic heterocycles. The minimum absolute atomic E-state index is 0.114. The molecule has 0 unspecified atom stereocenters. The number of aryl methyl sites for hydroxylation is 2. The number of halogens is 1. The molecule has 0 fully saturated rings. The minimum Gasteiger partial charge on any atom is -0.325 e. The summed E-state index contributed by atoms with van der Waals surface area (Å²) in [5.74, 6) is -0.415. The van der Waals surface area contributed by atoms with E-state index in [9.17, 15) is 9.18 Å². The zero-order valence-electron chi connectivity index (χ0n) is 12.8. The highest BCUT2D eigenvalue weighted by Crippen LogP contribution is 2.26. The predicted molar refractivity (Wildman–Crippen MR) is 84.0 cm³/mol. The quantitative estimate of drug-likeness (QED) is 0.892. The van der Waals surface area contributed by atoms with Crippen molar-refractivity contribution in [1.82, 2.24) is 0 Å².